The number of fused-ring (bicyclic) bond motifs is 1. The molecule has 0 bridgehead atoms. The van der Waals surface area contributed by atoms with Crippen LogP contribution in [0.3, 0.4) is 0 Å². The van der Waals surface area contributed by atoms with Gasteiger partial charge in [0.05, 0.1) is 13.0 Å². The summed E-state index contributed by atoms with van der Waals surface area (Å²) in [7, 11) is 1.62. The number of rotatable bonds is 5. The van der Waals surface area contributed by atoms with Crippen molar-refractivity contribution in [3.63, 3.8) is 0 Å². The van der Waals surface area contributed by atoms with Gasteiger partial charge in [0.25, 0.3) is 0 Å². The number of aliphatic carboxylic acids is 1. The summed E-state index contributed by atoms with van der Waals surface area (Å²) in [6.45, 7) is 1.99. The van der Waals surface area contributed by atoms with E-state index in [-0.39, 0.29) is 0 Å². The van der Waals surface area contributed by atoms with Crippen LogP contribution in [0.2, 0.25) is 0 Å². The second kappa shape index (κ2) is 5.56. The van der Waals surface area contributed by atoms with E-state index < -0.39 is 11.9 Å². The second-order valence-electron chi connectivity index (χ2n) is 4.34. The first-order valence-corrected chi connectivity index (χ1v) is 6.02. The number of hydrogen-bond acceptors (Lipinski definition) is 4. The lowest BCUT2D eigenvalue weighted by molar-refractivity contribution is -0.140. The largest absolute Gasteiger partial charge is 0.496 e. The van der Waals surface area contributed by atoms with E-state index in [9.17, 15) is 4.79 Å². The highest BCUT2D eigenvalue weighted by molar-refractivity contribution is 5.95. The maximum absolute atomic E-state index is 10.8. The third-order valence-electron chi connectivity index (χ3n) is 2.98. The third kappa shape index (κ3) is 2.76. The fourth-order valence-corrected chi connectivity index (χ4v) is 1.83. The lowest BCUT2D eigenvalue weighted by Gasteiger charge is -2.12. The first-order valence-electron chi connectivity index (χ1n) is 6.02. The molecule has 1 atom stereocenters. The summed E-state index contributed by atoms with van der Waals surface area (Å²) in [5.41, 5.74) is 0. The Kier molecular flexibility index (Phi) is 3.85. The first kappa shape index (κ1) is 13.1. The molecule has 0 radical (unpaired) electrons. The summed E-state index contributed by atoms with van der Waals surface area (Å²) in [5, 5.41) is 13.8. The summed E-state index contributed by atoms with van der Waals surface area (Å²) in [5.74, 6) is 0.145. The Morgan fingerprint density at radius 1 is 1.42 bits per heavy atom. The minimum Gasteiger partial charge on any atom is -0.496 e. The van der Waals surface area contributed by atoms with Crippen LogP contribution in [0.4, 0.5) is 5.82 Å². The van der Waals surface area contributed by atoms with Crippen molar-refractivity contribution < 1.29 is 14.6 Å². The van der Waals surface area contributed by atoms with Gasteiger partial charge in [0, 0.05) is 23.5 Å². The number of ether oxygens (including phenoxy) is 1. The minimum atomic E-state index is -0.828. The van der Waals surface area contributed by atoms with E-state index in [0.717, 1.165) is 16.5 Å². The number of nitrogens with one attached hydrogen (secondary N) is 1. The van der Waals surface area contributed by atoms with Crippen LogP contribution in [-0.4, -0.2) is 29.7 Å². The zero-order valence-electron chi connectivity index (χ0n) is 10.9. The number of methoxy groups -OCH3 is 1. The average molecular weight is 260 g/mol. The molecule has 1 unspecified atom stereocenters. The summed E-state index contributed by atoms with van der Waals surface area (Å²) in [4.78, 5) is 15.1. The van der Waals surface area contributed by atoms with Gasteiger partial charge in [-0.25, -0.2) is 4.98 Å². The lowest BCUT2D eigenvalue weighted by Crippen LogP contribution is -2.20. The van der Waals surface area contributed by atoms with E-state index in [0.29, 0.717) is 12.4 Å². The van der Waals surface area contributed by atoms with Crippen LogP contribution in [0, 0.1) is 5.92 Å². The van der Waals surface area contributed by atoms with Crippen molar-refractivity contribution in [2.24, 2.45) is 5.92 Å². The Labute approximate surface area is 111 Å². The highest BCUT2D eigenvalue weighted by atomic mass is 16.5. The van der Waals surface area contributed by atoms with Crippen molar-refractivity contribution in [1.82, 2.24) is 4.98 Å². The van der Waals surface area contributed by atoms with Crippen molar-refractivity contribution in [3.05, 3.63) is 30.5 Å². The Morgan fingerprint density at radius 3 is 2.89 bits per heavy atom. The van der Waals surface area contributed by atoms with E-state index in [1.807, 2.05) is 24.3 Å². The van der Waals surface area contributed by atoms with Gasteiger partial charge in [0.15, 0.2) is 0 Å². The summed E-state index contributed by atoms with van der Waals surface area (Å²) in [6, 6.07) is 7.57. The number of benzene rings is 1. The number of nitrogens with zero attached hydrogens (tertiary/aromatic N) is 1. The number of hydrogen-bond donors (Lipinski definition) is 2. The topological polar surface area (TPSA) is 71.5 Å². The van der Waals surface area contributed by atoms with Crippen LogP contribution >= 0.6 is 0 Å². The lowest BCUT2D eigenvalue weighted by atomic mass is 10.1. The molecular formula is C14H16N2O3. The molecule has 1 heterocycles. The fraction of sp³-hybridized carbons (Fsp3) is 0.286. The van der Waals surface area contributed by atoms with Gasteiger partial charge in [0.2, 0.25) is 0 Å². The zero-order valence-corrected chi connectivity index (χ0v) is 10.9. The highest BCUT2D eigenvalue weighted by Gasteiger charge is 2.12. The monoisotopic (exact) mass is 260 g/mol. The fourth-order valence-electron chi connectivity index (χ4n) is 1.83. The smallest absolute Gasteiger partial charge is 0.308 e. The van der Waals surface area contributed by atoms with Crippen LogP contribution in [0.25, 0.3) is 10.8 Å². The zero-order chi connectivity index (χ0) is 13.8. The van der Waals surface area contributed by atoms with Gasteiger partial charge in [0.1, 0.15) is 11.6 Å². The Bertz CT molecular complexity index is 598. The SMILES string of the molecule is COc1cccc2c(NCC(C)C(=O)O)nccc12. The predicted octanol–water partition coefficient (Wildman–Crippen LogP) is 2.38. The van der Waals surface area contributed by atoms with Crippen molar-refractivity contribution in [2.75, 3.05) is 19.0 Å². The molecule has 0 amide bonds. The molecule has 0 aliphatic heterocycles. The number of carboxylic acids is 1. The highest BCUT2D eigenvalue weighted by Crippen LogP contribution is 2.28. The molecule has 100 valence electrons. The molecular weight excluding hydrogens is 244 g/mol. The summed E-state index contributed by atoms with van der Waals surface area (Å²) < 4.78 is 5.30. The van der Waals surface area contributed by atoms with Gasteiger partial charge in [-0.3, -0.25) is 4.79 Å². The molecule has 2 N–H and O–H groups in total. The van der Waals surface area contributed by atoms with Gasteiger partial charge in [-0.2, -0.15) is 0 Å². The molecule has 5 nitrogen and oxygen atoms in total. The average Bonchev–Trinajstić information content (AvgIpc) is 2.43. The summed E-state index contributed by atoms with van der Waals surface area (Å²) in [6.07, 6.45) is 1.68. The maximum Gasteiger partial charge on any atom is 0.308 e. The van der Waals surface area contributed by atoms with Crippen LogP contribution < -0.4 is 10.1 Å². The number of carboxylic acid groups (broad SMARTS) is 1. The van der Waals surface area contributed by atoms with E-state index in [2.05, 4.69) is 10.3 Å². The Balaban J connectivity index is 2.31. The van der Waals surface area contributed by atoms with Crippen LogP contribution in [0.1, 0.15) is 6.92 Å². The van der Waals surface area contributed by atoms with Gasteiger partial charge in [-0.05, 0) is 12.1 Å². The van der Waals surface area contributed by atoms with Crippen molar-refractivity contribution in [2.45, 2.75) is 6.92 Å². The number of aromatic nitrogens is 1. The van der Waals surface area contributed by atoms with Gasteiger partial charge < -0.3 is 15.2 Å². The maximum atomic E-state index is 10.8. The summed E-state index contributed by atoms with van der Waals surface area (Å²) >= 11 is 0. The van der Waals surface area contributed by atoms with Gasteiger partial charge in [-0.15, -0.1) is 0 Å². The van der Waals surface area contributed by atoms with E-state index in [1.54, 1.807) is 20.2 Å². The Morgan fingerprint density at radius 2 is 2.21 bits per heavy atom. The van der Waals surface area contributed by atoms with Crippen molar-refractivity contribution in [3.8, 4) is 5.75 Å². The number of carbonyl (C=O) groups is 1. The molecule has 0 aliphatic carbocycles. The predicted molar refractivity (Wildman–Crippen MR) is 73.6 cm³/mol. The van der Waals surface area contributed by atoms with E-state index in [1.165, 1.54) is 0 Å². The van der Waals surface area contributed by atoms with E-state index in [4.69, 9.17) is 9.84 Å². The molecule has 0 fully saturated rings. The molecule has 0 spiro atoms. The molecule has 0 saturated carbocycles. The molecule has 19 heavy (non-hydrogen) atoms. The normalized spacial score (nSPS) is 12.1. The molecule has 1 aromatic heterocycles. The second-order valence-corrected chi connectivity index (χ2v) is 4.34. The molecule has 1 aromatic carbocycles. The van der Waals surface area contributed by atoms with Crippen molar-refractivity contribution in [1.29, 1.82) is 0 Å². The van der Waals surface area contributed by atoms with Crippen molar-refractivity contribution >= 4 is 22.6 Å². The quantitative estimate of drug-likeness (QED) is 0.863. The molecule has 2 rings (SSSR count). The molecule has 2 aromatic rings. The molecule has 0 aliphatic rings. The van der Waals surface area contributed by atoms with Crippen LogP contribution in [0.5, 0.6) is 5.75 Å². The van der Waals surface area contributed by atoms with E-state index >= 15 is 0 Å². The van der Waals surface area contributed by atoms with Gasteiger partial charge in [-0.1, -0.05) is 19.1 Å². The molecule has 5 heteroatoms. The number of pyridine rings is 1. The number of anilines is 1. The van der Waals surface area contributed by atoms with Crippen LogP contribution in [0.15, 0.2) is 30.5 Å². The molecule has 0 saturated heterocycles. The standard InChI is InChI=1S/C14H16N2O3/c1-9(14(17)18)8-16-13-11-4-3-5-12(19-2)10(11)6-7-15-13/h3-7,9H,8H2,1-2H3,(H,15,16)(H,17,18). The Hall–Kier alpha value is -2.30. The van der Waals surface area contributed by atoms with Crippen LogP contribution in [-0.2, 0) is 4.79 Å². The minimum absolute atomic E-state index is 0.332. The first-order chi connectivity index (χ1) is 9.13. The van der Waals surface area contributed by atoms with Gasteiger partial charge >= 0.3 is 5.97 Å². The third-order valence-corrected chi connectivity index (χ3v) is 2.98.